The molecular weight excluding hydrogens is 246 g/mol. The van der Waals surface area contributed by atoms with Crippen molar-refractivity contribution in [3.63, 3.8) is 0 Å². The quantitative estimate of drug-likeness (QED) is 0.740. The maximum atomic E-state index is 11.3. The first-order valence-electron chi connectivity index (χ1n) is 4.73. The second kappa shape index (κ2) is 4.87. The van der Waals surface area contributed by atoms with E-state index in [0.717, 1.165) is 11.3 Å². The van der Waals surface area contributed by atoms with Crippen molar-refractivity contribution in [3.8, 4) is 11.2 Å². The van der Waals surface area contributed by atoms with E-state index in [1.807, 2.05) is 0 Å². The normalized spacial score (nSPS) is 10.2. The summed E-state index contributed by atoms with van der Waals surface area (Å²) in [5.41, 5.74) is 0. The lowest BCUT2D eigenvalue weighted by molar-refractivity contribution is 0.0525. The largest absolute Gasteiger partial charge is 0.461 e. The van der Waals surface area contributed by atoms with Gasteiger partial charge >= 0.3 is 17.2 Å². The average molecular weight is 255 g/mol. The van der Waals surface area contributed by atoms with Gasteiger partial charge in [-0.1, -0.05) is 5.10 Å². The van der Waals surface area contributed by atoms with Crippen LogP contribution in [0.2, 0.25) is 0 Å². The lowest BCUT2D eigenvalue weighted by atomic mass is 10.7. The maximum absolute atomic E-state index is 11.3. The molecule has 0 aromatic carbocycles. The molecule has 8 nitrogen and oxygen atoms in total. The minimum atomic E-state index is -0.520. The molecule has 0 saturated carbocycles. The third-order valence-corrected chi connectivity index (χ3v) is 2.39. The predicted molar refractivity (Wildman–Crippen MR) is 56.9 cm³/mol. The second-order valence-electron chi connectivity index (χ2n) is 2.90. The van der Waals surface area contributed by atoms with Crippen molar-refractivity contribution >= 4 is 17.3 Å². The van der Waals surface area contributed by atoms with Gasteiger partial charge in [-0.3, -0.25) is 4.68 Å². The average Bonchev–Trinajstić information content (AvgIpc) is 2.89. The van der Waals surface area contributed by atoms with Gasteiger partial charge in [0.05, 0.1) is 6.61 Å². The minimum absolute atomic E-state index is 0.137. The third kappa shape index (κ3) is 2.75. The first-order chi connectivity index (χ1) is 8.19. The fourth-order valence-corrected chi connectivity index (χ4v) is 1.56. The number of ether oxygens (including phenoxy) is 2. The third-order valence-electron chi connectivity index (χ3n) is 1.61. The summed E-state index contributed by atoms with van der Waals surface area (Å²) in [5.74, 6) is -0.520. The van der Waals surface area contributed by atoms with E-state index in [1.54, 1.807) is 14.0 Å². The molecule has 0 aliphatic heterocycles. The number of nitrogens with zero attached hydrogens (tertiary/aromatic N) is 5. The zero-order valence-electron chi connectivity index (χ0n) is 9.15. The topological polar surface area (TPSA) is 92.0 Å². The van der Waals surface area contributed by atoms with Crippen LogP contribution in [0, 0.1) is 0 Å². The molecule has 0 aliphatic carbocycles. The van der Waals surface area contributed by atoms with Crippen molar-refractivity contribution in [2.24, 2.45) is 7.05 Å². The van der Waals surface area contributed by atoms with Crippen LogP contribution in [0.25, 0.3) is 0 Å². The summed E-state index contributed by atoms with van der Waals surface area (Å²) in [6.07, 6.45) is 1.49. The Morgan fingerprint density at radius 2 is 2.35 bits per heavy atom. The van der Waals surface area contributed by atoms with Gasteiger partial charge in [0.1, 0.15) is 6.33 Å². The molecule has 0 fully saturated rings. The Labute approximate surface area is 100 Å². The van der Waals surface area contributed by atoms with Crippen molar-refractivity contribution in [1.29, 1.82) is 0 Å². The fraction of sp³-hybridized carbons (Fsp3) is 0.375. The summed E-state index contributed by atoms with van der Waals surface area (Å²) in [6.45, 7) is 2.00. The number of aryl methyl sites for hydroxylation is 1. The van der Waals surface area contributed by atoms with Crippen molar-refractivity contribution in [1.82, 2.24) is 25.0 Å². The Bertz CT molecular complexity index is 523. The van der Waals surface area contributed by atoms with Gasteiger partial charge < -0.3 is 9.47 Å². The first kappa shape index (κ1) is 11.5. The molecule has 0 N–H and O–H groups in total. The molecule has 0 saturated heterocycles. The SMILES string of the molecule is CCOC(=O)c1nnc(Oc2ncn(C)n2)s1. The highest BCUT2D eigenvalue weighted by atomic mass is 32.1. The van der Waals surface area contributed by atoms with E-state index in [2.05, 4.69) is 20.3 Å². The zero-order chi connectivity index (χ0) is 12.3. The van der Waals surface area contributed by atoms with Gasteiger partial charge in [0.2, 0.25) is 5.01 Å². The maximum Gasteiger partial charge on any atom is 0.369 e. The predicted octanol–water partition coefficient (Wildman–Crippen LogP) is 0.636. The van der Waals surface area contributed by atoms with Gasteiger partial charge in [0.15, 0.2) is 0 Å². The van der Waals surface area contributed by atoms with Crippen LogP contribution >= 0.6 is 11.3 Å². The van der Waals surface area contributed by atoms with E-state index in [-0.39, 0.29) is 22.8 Å². The second-order valence-corrected chi connectivity index (χ2v) is 3.84. The summed E-state index contributed by atoms with van der Waals surface area (Å²) in [7, 11) is 1.71. The molecule has 2 aromatic rings. The lowest BCUT2D eigenvalue weighted by Gasteiger charge is -1.94. The van der Waals surface area contributed by atoms with E-state index in [9.17, 15) is 4.79 Å². The Hall–Kier alpha value is -2.03. The number of rotatable bonds is 4. The van der Waals surface area contributed by atoms with Crippen LogP contribution < -0.4 is 4.74 Å². The summed E-state index contributed by atoms with van der Waals surface area (Å²) in [5, 5.41) is 11.6. The van der Waals surface area contributed by atoms with Gasteiger partial charge in [0.25, 0.3) is 0 Å². The molecule has 0 radical (unpaired) electrons. The summed E-state index contributed by atoms with van der Waals surface area (Å²) >= 11 is 0.977. The molecule has 17 heavy (non-hydrogen) atoms. The summed E-state index contributed by atoms with van der Waals surface area (Å²) < 4.78 is 11.5. The molecule has 2 heterocycles. The standard InChI is InChI=1S/C8H9N5O3S/c1-3-15-6(14)5-10-11-8(17-5)16-7-9-4-13(2)12-7/h4H,3H2,1-2H3. The molecule has 0 amide bonds. The summed E-state index contributed by atoms with van der Waals surface area (Å²) in [4.78, 5) is 15.2. The summed E-state index contributed by atoms with van der Waals surface area (Å²) in [6, 6.07) is 0.152. The molecule has 0 atom stereocenters. The Kier molecular flexibility index (Phi) is 3.28. The number of carbonyl (C=O) groups is 1. The van der Waals surface area contributed by atoms with Gasteiger partial charge in [-0.2, -0.15) is 4.98 Å². The van der Waals surface area contributed by atoms with Crippen molar-refractivity contribution < 1.29 is 14.3 Å². The van der Waals surface area contributed by atoms with Crippen LogP contribution in [-0.4, -0.2) is 37.5 Å². The Morgan fingerprint density at radius 3 is 3.00 bits per heavy atom. The van der Waals surface area contributed by atoms with Gasteiger partial charge in [-0.05, 0) is 18.3 Å². The number of esters is 1. The molecule has 0 bridgehead atoms. The van der Waals surface area contributed by atoms with Crippen LogP contribution in [0.3, 0.4) is 0 Å². The highest BCUT2D eigenvalue weighted by molar-refractivity contribution is 7.14. The smallest absolute Gasteiger partial charge is 0.369 e. The van der Waals surface area contributed by atoms with Crippen LogP contribution in [0.4, 0.5) is 0 Å². The Morgan fingerprint density at radius 1 is 1.53 bits per heavy atom. The Balaban J connectivity index is 2.06. The molecule has 2 rings (SSSR count). The van der Waals surface area contributed by atoms with E-state index in [0.29, 0.717) is 0 Å². The van der Waals surface area contributed by atoms with Crippen molar-refractivity contribution in [3.05, 3.63) is 11.3 Å². The highest BCUT2D eigenvalue weighted by Crippen LogP contribution is 2.22. The minimum Gasteiger partial charge on any atom is -0.461 e. The van der Waals surface area contributed by atoms with E-state index in [4.69, 9.17) is 9.47 Å². The van der Waals surface area contributed by atoms with E-state index < -0.39 is 5.97 Å². The zero-order valence-corrected chi connectivity index (χ0v) is 9.97. The van der Waals surface area contributed by atoms with Crippen molar-refractivity contribution in [2.75, 3.05) is 6.61 Å². The highest BCUT2D eigenvalue weighted by Gasteiger charge is 2.15. The number of carbonyl (C=O) groups excluding carboxylic acids is 1. The van der Waals surface area contributed by atoms with Gasteiger partial charge in [-0.25, -0.2) is 4.79 Å². The number of hydrogen-bond donors (Lipinski definition) is 0. The molecule has 0 aliphatic rings. The van der Waals surface area contributed by atoms with Crippen LogP contribution in [0.1, 0.15) is 16.7 Å². The molecule has 90 valence electrons. The van der Waals surface area contributed by atoms with E-state index in [1.165, 1.54) is 11.0 Å². The molecule has 9 heteroatoms. The lowest BCUT2D eigenvalue weighted by Crippen LogP contribution is -2.03. The van der Waals surface area contributed by atoms with Crippen LogP contribution in [0.5, 0.6) is 11.2 Å². The molecule has 2 aromatic heterocycles. The molecule has 0 unspecified atom stereocenters. The van der Waals surface area contributed by atoms with Gasteiger partial charge in [-0.15, -0.1) is 10.2 Å². The fourth-order valence-electron chi connectivity index (χ4n) is 0.971. The molecule has 0 spiro atoms. The first-order valence-corrected chi connectivity index (χ1v) is 5.55. The van der Waals surface area contributed by atoms with E-state index >= 15 is 0 Å². The van der Waals surface area contributed by atoms with Crippen LogP contribution in [0.15, 0.2) is 6.33 Å². The van der Waals surface area contributed by atoms with Crippen molar-refractivity contribution in [2.45, 2.75) is 6.92 Å². The monoisotopic (exact) mass is 255 g/mol. The van der Waals surface area contributed by atoms with Gasteiger partial charge in [0, 0.05) is 7.05 Å². The molecular formula is C8H9N5O3S. The van der Waals surface area contributed by atoms with Crippen LogP contribution in [-0.2, 0) is 11.8 Å². The number of aromatic nitrogens is 5. The number of hydrogen-bond acceptors (Lipinski definition) is 8.